The lowest BCUT2D eigenvalue weighted by molar-refractivity contribution is -0.125. The van der Waals surface area contributed by atoms with E-state index in [4.69, 9.17) is 15.2 Å². The molecule has 2 fully saturated rings. The molecule has 10 nitrogen and oxygen atoms in total. The second-order valence-corrected chi connectivity index (χ2v) is 12.1. The Hall–Kier alpha value is -4.88. The maximum Gasteiger partial charge on any atom is 0.246 e. The Morgan fingerprint density at radius 3 is 2.80 bits per heavy atom. The number of ether oxygens (including phenoxy) is 2. The number of carbonyl (C=O) groups is 1. The zero-order valence-electron chi connectivity index (χ0n) is 26.4. The summed E-state index contributed by atoms with van der Waals surface area (Å²) in [5.41, 5.74) is 10.4. The number of methoxy groups -OCH3 is 1. The van der Waals surface area contributed by atoms with Gasteiger partial charge in [0.2, 0.25) is 11.8 Å². The molecule has 1 aliphatic carbocycles. The van der Waals surface area contributed by atoms with Gasteiger partial charge in [0.1, 0.15) is 35.0 Å². The fourth-order valence-electron chi connectivity index (χ4n) is 6.58. The predicted octanol–water partition coefficient (Wildman–Crippen LogP) is 4.68. The Labute approximate surface area is 263 Å². The number of nitrogens with zero attached hydrogens (tertiary/aromatic N) is 6. The van der Waals surface area contributed by atoms with Crippen LogP contribution in [0.25, 0.3) is 22.2 Å². The number of amides is 1. The van der Waals surface area contributed by atoms with E-state index >= 15 is 0 Å². The van der Waals surface area contributed by atoms with E-state index in [0.717, 1.165) is 60.4 Å². The van der Waals surface area contributed by atoms with Crippen LogP contribution in [0.3, 0.4) is 0 Å². The number of nitrogens with two attached hydrogens (primary N) is 1. The van der Waals surface area contributed by atoms with Crippen LogP contribution in [-0.2, 0) is 11.8 Å². The molecule has 1 amide bonds. The Balaban J connectivity index is 1.33. The molecular formula is C35H39N7O3. The van der Waals surface area contributed by atoms with E-state index in [9.17, 15) is 4.79 Å². The average Bonchev–Trinajstić information content (AvgIpc) is 3.68. The summed E-state index contributed by atoms with van der Waals surface area (Å²) in [4.78, 5) is 30.2. The number of aryl methyl sites for hydroxylation is 2. The lowest BCUT2D eigenvalue weighted by atomic mass is 9.92. The number of nitrogen functional groups attached to an aromatic ring is 1. The predicted molar refractivity (Wildman–Crippen MR) is 175 cm³/mol. The van der Waals surface area contributed by atoms with Crippen molar-refractivity contribution in [1.82, 2.24) is 29.3 Å². The number of likely N-dealkylation sites (N-methyl/N-ethyl adjacent to an activating group) is 1. The summed E-state index contributed by atoms with van der Waals surface area (Å²) < 4.78 is 13.9. The van der Waals surface area contributed by atoms with Gasteiger partial charge in [0.15, 0.2) is 0 Å². The highest BCUT2D eigenvalue weighted by molar-refractivity contribution is 6.04. The van der Waals surface area contributed by atoms with Gasteiger partial charge in [-0.3, -0.25) is 4.79 Å². The molecule has 4 heterocycles. The number of anilines is 1. The van der Waals surface area contributed by atoms with Crippen molar-refractivity contribution >= 4 is 22.8 Å². The molecule has 4 aromatic rings. The van der Waals surface area contributed by atoms with E-state index in [1.165, 1.54) is 6.33 Å². The first-order valence-corrected chi connectivity index (χ1v) is 15.2. The minimum Gasteiger partial charge on any atom is -0.496 e. The fourth-order valence-corrected chi connectivity index (χ4v) is 6.58. The molecule has 2 aliphatic rings. The Morgan fingerprint density at radius 1 is 1.18 bits per heavy atom. The Bertz CT molecular complexity index is 1830. The standard InChI is InChI=1S/C35H39N7O3/c1-22-8-6-9-30(39-22)45-25-14-15-26(29(18-25)44-5)32-28(41(4)35-33(32)34(36)37-21-38-35)16-13-23-11-12-24-19-42(20-27(23)24)31(43)10-7-17-40(2)3/h6-10,14-15,18,21,23-24,27H,11-12,17,19-20H2,1-5H3,(H2,36,37,38)/b10-7+/t23-,24+,27-/m0/s1. The van der Waals surface area contributed by atoms with Crippen molar-refractivity contribution in [3.63, 3.8) is 0 Å². The van der Waals surface area contributed by atoms with Crippen LogP contribution in [0.4, 0.5) is 5.82 Å². The third kappa shape index (κ3) is 6.08. The number of hydrogen-bond donors (Lipinski definition) is 1. The first kappa shape index (κ1) is 30.2. The number of aromatic nitrogens is 4. The highest BCUT2D eigenvalue weighted by Gasteiger charge is 2.43. The number of hydrogen-bond acceptors (Lipinski definition) is 8. The van der Waals surface area contributed by atoms with Crippen LogP contribution in [0.15, 0.2) is 54.9 Å². The van der Waals surface area contributed by atoms with Gasteiger partial charge in [0.25, 0.3) is 0 Å². The summed E-state index contributed by atoms with van der Waals surface area (Å²) in [6, 6.07) is 11.3. The van der Waals surface area contributed by atoms with E-state index in [0.29, 0.717) is 40.7 Å². The van der Waals surface area contributed by atoms with Crippen LogP contribution < -0.4 is 15.2 Å². The maximum absolute atomic E-state index is 12.9. The molecule has 6 rings (SSSR count). The highest BCUT2D eigenvalue weighted by Crippen LogP contribution is 2.44. The number of likely N-dealkylation sites (tertiary alicyclic amines) is 1. The van der Waals surface area contributed by atoms with Gasteiger partial charge in [-0.15, -0.1) is 0 Å². The Morgan fingerprint density at radius 2 is 2.02 bits per heavy atom. The third-order valence-corrected chi connectivity index (χ3v) is 8.80. The number of carbonyl (C=O) groups excluding carboxylic acids is 1. The SMILES string of the molecule is COc1cc(Oc2cccc(C)n2)ccc1-c1c(C#C[C@@H]2CC[C@@H]3CN(C(=O)/C=C/CN(C)C)C[C@H]32)n(C)c2ncnc(N)c12. The normalized spacial score (nSPS) is 19.2. The van der Waals surface area contributed by atoms with Gasteiger partial charge < -0.3 is 29.6 Å². The van der Waals surface area contributed by atoms with Crippen molar-refractivity contribution in [2.24, 2.45) is 24.8 Å². The quantitative estimate of drug-likeness (QED) is 0.239. The van der Waals surface area contributed by atoms with Crippen LogP contribution in [0, 0.1) is 36.5 Å². The van der Waals surface area contributed by atoms with E-state index in [1.54, 1.807) is 13.2 Å². The lowest BCUT2D eigenvalue weighted by Gasteiger charge is -2.17. The third-order valence-electron chi connectivity index (χ3n) is 8.80. The Kier molecular flexibility index (Phi) is 8.46. The zero-order valence-corrected chi connectivity index (χ0v) is 26.4. The summed E-state index contributed by atoms with van der Waals surface area (Å²) in [6.45, 7) is 4.20. The summed E-state index contributed by atoms with van der Waals surface area (Å²) >= 11 is 0. The van der Waals surface area contributed by atoms with Crippen LogP contribution in [-0.4, -0.2) is 76.1 Å². The fraction of sp³-hybridized carbons (Fsp3) is 0.371. The average molecular weight is 606 g/mol. The molecule has 232 valence electrons. The van der Waals surface area contributed by atoms with Crippen molar-refractivity contribution in [2.75, 3.05) is 46.6 Å². The molecule has 3 atom stereocenters. The smallest absolute Gasteiger partial charge is 0.246 e. The molecule has 1 saturated carbocycles. The molecule has 0 unspecified atom stereocenters. The van der Waals surface area contributed by atoms with Gasteiger partial charge in [0, 0.05) is 67.6 Å². The van der Waals surface area contributed by atoms with Gasteiger partial charge >= 0.3 is 0 Å². The van der Waals surface area contributed by atoms with Gasteiger partial charge in [0.05, 0.1) is 12.5 Å². The van der Waals surface area contributed by atoms with Crippen molar-refractivity contribution in [2.45, 2.75) is 19.8 Å². The zero-order chi connectivity index (χ0) is 31.7. The molecule has 0 spiro atoms. The van der Waals surface area contributed by atoms with E-state index < -0.39 is 0 Å². The minimum atomic E-state index is 0.0840. The van der Waals surface area contributed by atoms with Crippen LogP contribution >= 0.6 is 0 Å². The number of rotatable bonds is 7. The van der Waals surface area contributed by atoms with Crippen LogP contribution in [0.5, 0.6) is 17.4 Å². The van der Waals surface area contributed by atoms with Gasteiger partial charge in [-0.05, 0) is 69.8 Å². The lowest BCUT2D eigenvalue weighted by Crippen LogP contribution is -2.28. The summed E-state index contributed by atoms with van der Waals surface area (Å²) in [7, 11) is 7.56. The summed E-state index contributed by atoms with van der Waals surface area (Å²) in [5, 5.41) is 0.725. The largest absolute Gasteiger partial charge is 0.496 e. The topological polar surface area (TPSA) is 112 Å². The molecule has 0 bridgehead atoms. The molecule has 45 heavy (non-hydrogen) atoms. The van der Waals surface area contributed by atoms with Crippen molar-refractivity contribution in [3.8, 4) is 40.3 Å². The molecule has 0 radical (unpaired) electrons. The number of fused-ring (bicyclic) bond motifs is 2. The molecule has 3 aromatic heterocycles. The van der Waals surface area contributed by atoms with Crippen molar-refractivity contribution < 1.29 is 14.3 Å². The first-order valence-electron chi connectivity index (χ1n) is 15.2. The van der Waals surface area contributed by atoms with Crippen molar-refractivity contribution in [3.05, 3.63) is 66.3 Å². The molecule has 1 aliphatic heterocycles. The molecule has 10 heteroatoms. The molecular weight excluding hydrogens is 566 g/mol. The van der Waals surface area contributed by atoms with Crippen molar-refractivity contribution in [1.29, 1.82) is 0 Å². The second kappa shape index (κ2) is 12.6. The number of pyridine rings is 1. The monoisotopic (exact) mass is 605 g/mol. The van der Waals surface area contributed by atoms with E-state index in [1.807, 2.05) is 84.9 Å². The summed E-state index contributed by atoms with van der Waals surface area (Å²) in [6.07, 6.45) is 7.19. The van der Waals surface area contributed by atoms with Gasteiger partial charge in [-0.1, -0.05) is 18.1 Å². The molecule has 2 N–H and O–H groups in total. The minimum absolute atomic E-state index is 0.0840. The van der Waals surface area contributed by atoms with Gasteiger partial charge in [-0.25, -0.2) is 15.0 Å². The molecule has 1 saturated heterocycles. The van der Waals surface area contributed by atoms with Crippen LogP contribution in [0.1, 0.15) is 24.2 Å². The summed E-state index contributed by atoms with van der Waals surface area (Å²) in [5.74, 6) is 10.3. The van der Waals surface area contributed by atoms with Gasteiger partial charge in [-0.2, -0.15) is 0 Å². The maximum atomic E-state index is 12.9. The molecule has 1 aromatic carbocycles. The second-order valence-electron chi connectivity index (χ2n) is 12.1. The number of benzene rings is 1. The highest BCUT2D eigenvalue weighted by atomic mass is 16.5. The first-order chi connectivity index (χ1) is 21.7. The van der Waals surface area contributed by atoms with Crippen LogP contribution in [0.2, 0.25) is 0 Å². The van der Waals surface area contributed by atoms with E-state index in [2.05, 4.69) is 26.8 Å². The van der Waals surface area contributed by atoms with E-state index in [-0.39, 0.29) is 11.8 Å².